The van der Waals surface area contributed by atoms with Crippen LogP contribution in [-0.2, 0) is 16.0 Å². The van der Waals surface area contributed by atoms with Gasteiger partial charge >= 0.3 is 0 Å². The molecule has 0 aromatic heterocycles. The molecule has 5 nitrogen and oxygen atoms in total. The molecule has 1 aliphatic heterocycles. The smallest absolute Gasteiger partial charge is 0.295 e. The summed E-state index contributed by atoms with van der Waals surface area (Å²) in [6.45, 7) is 6.83. The second-order valence-corrected chi connectivity index (χ2v) is 8.96. The van der Waals surface area contributed by atoms with Crippen LogP contribution < -0.4 is 4.74 Å². The van der Waals surface area contributed by atoms with Crippen molar-refractivity contribution in [3.05, 3.63) is 106 Å². The monoisotopic (exact) mass is 469 g/mol. The largest absolute Gasteiger partial charge is 0.507 e. The Kier molecular flexibility index (Phi) is 7.35. The molecule has 1 atom stereocenters. The normalized spacial score (nSPS) is 17.1. The molecule has 0 spiro atoms. The van der Waals surface area contributed by atoms with Gasteiger partial charge in [-0.3, -0.25) is 9.59 Å². The Hall–Kier alpha value is -3.86. The summed E-state index contributed by atoms with van der Waals surface area (Å²) in [6.07, 6.45) is 1.50. The highest BCUT2D eigenvalue weighted by atomic mass is 16.5. The molecule has 1 N–H and O–H groups in total. The van der Waals surface area contributed by atoms with Crippen molar-refractivity contribution in [2.75, 3.05) is 13.2 Å². The molecule has 3 aromatic rings. The predicted molar refractivity (Wildman–Crippen MR) is 137 cm³/mol. The molecule has 3 aromatic carbocycles. The van der Waals surface area contributed by atoms with Crippen molar-refractivity contribution in [3.63, 3.8) is 0 Å². The van der Waals surface area contributed by atoms with Crippen LogP contribution in [0.1, 0.15) is 47.2 Å². The number of amides is 1. The van der Waals surface area contributed by atoms with Gasteiger partial charge < -0.3 is 14.7 Å². The highest BCUT2D eigenvalue weighted by Crippen LogP contribution is 2.40. The molecule has 1 unspecified atom stereocenters. The predicted octanol–water partition coefficient (Wildman–Crippen LogP) is 5.76. The first-order valence-corrected chi connectivity index (χ1v) is 12.0. The molecule has 1 aliphatic rings. The second kappa shape index (κ2) is 10.6. The minimum Gasteiger partial charge on any atom is -0.507 e. The van der Waals surface area contributed by atoms with Crippen molar-refractivity contribution < 1.29 is 19.4 Å². The van der Waals surface area contributed by atoms with Gasteiger partial charge in [-0.1, -0.05) is 67.1 Å². The van der Waals surface area contributed by atoms with Gasteiger partial charge in [0.15, 0.2) is 0 Å². The molecule has 1 fully saturated rings. The topological polar surface area (TPSA) is 66.8 Å². The first-order valence-electron chi connectivity index (χ1n) is 12.0. The molecule has 0 bridgehead atoms. The van der Waals surface area contributed by atoms with Gasteiger partial charge in [0.05, 0.1) is 18.2 Å². The summed E-state index contributed by atoms with van der Waals surface area (Å²) in [6, 6.07) is 22.3. The van der Waals surface area contributed by atoms with Crippen molar-refractivity contribution in [1.29, 1.82) is 0 Å². The van der Waals surface area contributed by atoms with E-state index in [2.05, 4.69) is 0 Å². The van der Waals surface area contributed by atoms with Gasteiger partial charge in [0.2, 0.25) is 0 Å². The fourth-order valence-corrected chi connectivity index (χ4v) is 4.45. The number of hydrogen-bond donors (Lipinski definition) is 1. The lowest BCUT2D eigenvalue weighted by Crippen LogP contribution is -2.31. The number of carbonyl (C=O) groups is 2. The quantitative estimate of drug-likeness (QED) is 0.259. The SMILES string of the molecule is CCCOc1ccc(C2/C(=C(\O)c3cc(C)ccc3C)C(=O)C(=O)N2CCc2ccccc2)cc1. The van der Waals surface area contributed by atoms with E-state index in [1.54, 1.807) is 4.90 Å². The van der Waals surface area contributed by atoms with Crippen LogP contribution in [0.3, 0.4) is 0 Å². The summed E-state index contributed by atoms with van der Waals surface area (Å²) < 4.78 is 5.71. The van der Waals surface area contributed by atoms with Crippen molar-refractivity contribution in [3.8, 4) is 5.75 Å². The van der Waals surface area contributed by atoms with E-state index in [1.165, 1.54) is 0 Å². The molecule has 180 valence electrons. The highest BCUT2D eigenvalue weighted by molar-refractivity contribution is 6.46. The molecule has 0 aliphatic carbocycles. The Bertz CT molecular complexity index is 1250. The van der Waals surface area contributed by atoms with E-state index < -0.39 is 17.7 Å². The van der Waals surface area contributed by atoms with Gasteiger partial charge in [-0.25, -0.2) is 0 Å². The average molecular weight is 470 g/mol. The number of carbonyl (C=O) groups excluding carboxylic acids is 2. The highest BCUT2D eigenvalue weighted by Gasteiger charge is 2.46. The van der Waals surface area contributed by atoms with Crippen LogP contribution in [0.5, 0.6) is 5.75 Å². The van der Waals surface area contributed by atoms with Gasteiger partial charge in [0.1, 0.15) is 11.5 Å². The first kappa shape index (κ1) is 24.3. The third kappa shape index (κ3) is 5.14. The van der Waals surface area contributed by atoms with E-state index in [9.17, 15) is 14.7 Å². The van der Waals surface area contributed by atoms with E-state index in [4.69, 9.17) is 4.74 Å². The number of rotatable bonds is 8. The molecule has 1 amide bonds. The van der Waals surface area contributed by atoms with Crippen LogP contribution in [-0.4, -0.2) is 34.8 Å². The standard InChI is InChI=1S/C30H31NO4/c1-4-18-35-24-14-12-23(13-15-24)27-26(28(32)25-19-20(2)10-11-21(25)3)29(33)30(34)31(27)17-16-22-8-6-5-7-9-22/h5-15,19,27,32H,4,16-18H2,1-3H3/b28-26+. The lowest BCUT2D eigenvalue weighted by Gasteiger charge is -2.26. The van der Waals surface area contributed by atoms with Crippen LogP contribution in [0.4, 0.5) is 0 Å². The zero-order valence-electron chi connectivity index (χ0n) is 20.5. The van der Waals surface area contributed by atoms with Crippen molar-refractivity contribution >= 4 is 17.4 Å². The number of aryl methyl sites for hydroxylation is 2. The number of hydrogen-bond acceptors (Lipinski definition) is 4. The van der Waals surface area contributed by atoms with Crippen LogP contribution >= 0.6 is 0 Å². The van der Waals surface area contributed by atoms with Crippen LogP contribution in [0, 0.1) is 13.8 Å². The third-order valence-corrected chi connectivity index (χ3v) is 6.34. The maximum Gasteiger partial charge on any atom is 0.295 e. The van der Waals surface area contributed by atoms with Crippen molar-refractivity contribution in [2.24, 2.45) is 0 Å². The first-order chi connectivity index (χ1) is 16.9. The third-order valence-electron chi connectivity index (χ3n) is 6.34. The lowest BCUT2D eigenvalue weighted by molar-refractivity contribution is -0.139. The van der Waals surface area contributed by atoms with Crippen LogP contribution in [0.25, 0.3) is 5.76 Å². The number of ether oxygens (including phenoxy) is 1. The number of likely N-dealkylation sites (tertiary alicyclic amines) is 1. The summed E-state index contributed by atoms with van der Waals surface area (Å²) in [5, 5.41) is 11.4. The minimum atomic E-state index is -0.682. The van der Waals surface area contributed by atoms with E-state index in [0.29, 0.717) is 25.1 Å². The lowest BCUT2D eigenvalue weighted by atomic mass is 9.93. The zero-order chi connectivity index (χ0) is 24.9. The van der Waals surface area contributed by atoms with E-state index in [-0.39, 0.29) is 11.3 Å². The fraction of sp³-hybridized carbons (Fsp3) is 0.267. The fourth-order valence-electron chi connectivity index (χ4n) is 4.45. The summed E-state index contributed by atoms with van der Waals surface area (Å²) in [5.41, 5.74) is 4.33. The number of benzene rings is 3. The number of Topliss-reactive ketones (excluding diaryl/α,β-unsaturated/α-hetero) is 1. The van der Waals surface area contributed by atoms with E-state index >= 15 is 0 Å². The second-order valence-electron chi connectivity index (χ2n) is 8.96. The van der Waals surface area contributed by atoms with Crippen LogP contribution in [0.15, 0.2) is 78.4 Å². The van der Waals surface area contributed by atoms with Gasteiger partial charge in [-0.2, -0.15) is 0 Å². The Morgan fingerprint density at radius 3 is 2.37 bits per heavy atom. The van der Waals surface area contributed by atoms with E-state index in [0.717, 1.165) is 34.4 Å². The summed E-state index contributed by atoms with van der Waals surface area (Å²) >= 11 is 0. The molecule has 5 heteroatoms. The number of ketones is 1. The number of aliphatic hydroxyl groups is 1. The Morgan fingerprint density at radius 2 is 1.69 bits per heavy atom. The average Bonchev–Trinajstić information content (AvgIpc) is 3.13. The summed E-state index contributed by atoms with van der Waals surface area (Å²) in [5.74, 6) is -0.661. The zero-order valence-corrected chi connectivity index (χ0v) is 20.5. The minimum absolute atomic E-state index is 0.124. The molecule has 35 heavy (non-hydrogen) atoms. The van der Waals surface area contributed by atoms with Gasteiger partial charge in [-0.15, -0.1) is 0 Å². The Morgan fingerprint density at radius 1 is 0.971 bits per heavy atom. The Labute approximate surface area is 206 Å². The van der Waals surface area contributed by atoms with Crippen molar-refractivity contribution in [1.82, 2.24) is 4.90 Å². The van der Waals surface area contributed by atoms with Gasteiger partial charge in [0.25, 0.3) is 11.7 Å². The maximum absolute atomic E-state index is 13.3. The molecule has 0 saturated carbocycles. The summed E-state index contributed by atoms with van der Waals surface area (Å²) in [7, 11) is 0. The molecular weight excluding hydrogens is 438 g/mol. The molecular formula is C30H31NO4. The van der Waals surface area contributed by atoms with Gasteiger partial charge in [-0.05, 0) is 61.6 Å². The molecule has 0 radical (unpaired) electrons. The van der Waals surface area contributed by atoms with Crippen LogP contribution in [0.2, 0.25) is 0 Å². The molecule has 1 saturated heterocycles. The number of nitrogens with zero attached hydrogens (tertiary/aromatic N) is 1. The van der Waals surface area contributed by atoms with E-state index in [1.807, 2.05) is 93.6 Å². The molecule has 1 heterocycles. The van der Waals surface area contributed by atoms with Gasteiger partial charge in [0, 0.05) is 12.1 Å². The Balaban J connectivity index is 1.78. The summed E-state index contributed by atoms with van der Waals surface area (Å²) in [4.78, 5) is 28.1. The molecule has 4 rings (SSSR count). The number of aliphatic hydroxyl groups excluding tert-OH is 1. The maximum atomic E-state index is 13.3. The van der Waals surface area contributed by atoms with Crippen molar-refractivity contribution in [2.45, 2.75) is 39.7 Å².